The fourth-order valence-electron chi connectivity index (χ4n) is 3.55. The zero-order valence-corrected chi connectivity index (χ0v) is 19.8. The molecular weight excluding hydrogens is 444 g/mol. The van der Waals surface area contributed by atoms with E-state index in [1.54, 1.807) is 25.7 Å². The van der Waals surface area contributed by atoms with Crippen molar-refractivity contribution in [1.82, 2.24) is 10.2 Å². The summed E-state index contributed by atoms with van der Waals surface area (Å²) in [5.41, 5.74) is 0.582. The zero-order valence-electron chi connectivity index (χ0n) is 19.8. The van der Waals surface area contributed by atoms with Crippen LogP contribution >= 0.6 is 0 Å². The first kappa shape index (κ1) is 25.3. The van der Waals surface area contributed by atoms with Crippen molar-refractivity contribution in [2.24, 2.45) is 0 Å². The average Bonchev–Trinajstić information content (AvgIpc) is 2.79. The molecular formula is C25H31F2N3O4. The Labute approximate surface area is 198 Å². The molecule has 0 aliphatic carbocycles. The summed E-state index contributed by atoms with van der Waals surface area (Å²) >= 11 is 0. The number of benzene rings is 2. The minimum absolute atomic E-state index is 0.00912. The number of nitrogens with one attached hydrogen (secondary N) is 1. The molecule has 2 amide bonds. The van der Waals surface area contributed by atoms with Crippen LogP contribution in [0.5, 0.6) is 0 Å². The second kappa shape index (κ2) is 11.2. The molecule has 0 bridgehead atoms. The van der Waals surface area contributed by atoms with Crippen LogP contribution in [0, 0.1) is 11.6 Å². The number of amides is 2. The normalized spacial score (nSPS) is 14.0. The number of nitrogens with zero attached hydrogens (tertiary/aromatic N) is 2. The van der Waals surface area contributed by atoms with Crippen LogP contribution in [0.1, 0.15) is 31.9 Å². The molecule has 1 fully saturated rings. The lowest BCUT2D eigenvalue weighted by Crippen LogP contribution is -2.50. The van der Waals surface area contributed by atoms with Crippen molar-refractivity contribution in [3.63, 3.8) is 0 Å². The Morgan fingerprint density at radius 3 is 2.21 bits per heavy atom. The minimum atomic E-state index is -0.677. The van der Waals surface area contributed by atoms with Crippen LogP contribution in [0.25, 0.3) is 0 Å². The SMILES string of the molecule is CC(C)(C)OC(=O)N1CCN(c2cc(F)c(CCNC(=O)OCc3ccccc3)c(F)c2)CC1. The summed E-state index contributed by atoms with van der Waals surface area (Å²) < 4.78 is 39.8. The zero-order chi connectivity index (χ0) is 24.7. The maximum Gasteiger partial charge on any atom is 0.410 e. The molecule has 2 aromatic rings. The highest BCUT2D eigenvalue weighted by molar-refractivity contribution is 5.69. The number of anilines is 1. The van der Waals surface area contributed by atoms with Crippen LogP contribution in [0.3, 0.4) is 0 Å². The maximum atomic E-state index is 14.7. The molecule has 3 rings (SSSR count). The maximum absolute atomic E-state index is 14.7. The Bertz CT molecular complexity index is 964. The van der Waals surface area contributed by atoms with E-state index in [4.69, 9.17) is 9.47 Å². The fraction of sp³-hybridized carbons (Fsp3) is 0.440. The van der Waals surface area contributed by atoms with Crippen LogP contribution in [0.15, 0.2) is 42.5 Å². The van der Waals surface area contributed by atoms with E-state index in [9.17, 15) is 18.4 Å². The third kappa shape index (κ3) is 7.33. The Balaban J connectivity index is 1.48. The van der Waals surface area contributed by atoms with E-state index >= 15 is 0 Å². The van der Waals surface area contributed by atoms with Crippen LogP contribution < -0.4 is 10.2 Å². The van der Waals surface area contributed by atoms with Gasteiger partial charge in [0, 0.05) is 44.0 Å². The molecule has 2 aromatic carbocycles. The van der Waals surface area contributed by atoms with E-state index in [1.165, 1.54) is 12.1 Å². The smallest absolute Gasteiger partial charge is 0.410 e. The summed E-state index contributed by atoms with van der Waals surface area (Å²) in [4.78, 5) is 27.4. The number of hydrogen-bond donors (Lipinski definition) is 1. The Morgan fingerprint density at radius 1 is 1.00 bits per heavy atom. The van der Waals surface area contributed by atoms with E-state index < -0.39 is 29.4 Å². The summed E-state index contributed by atoms with van der Waals surface area (Å²) in [6, 6.07) is 11.8. The van der Waals surface area contributed by atoms with E-state index in [2.05, 4.69) is 5.32 Å². The molecule has 9 heteroatoms. The molecule has 7 nitrogen and oxygen atoms in total. The molecule has 1 heterocycles. The quantitative estimate of drug-likeness (QED) is 0.667. The van der Waals surface area contributed by atoms with Crippen LogP contribution in [0.4, 0.5) is 24.1 Å². The van der Waals surface area contributed by atoms with E-state index in [0.717, 1.165) is 5.56 Å². The third-order valence-corrected chi connectivity index (χ3v) is 5.28. The number of halogens is 2. The first-order valence-corrected chi connectivity index (χ1v) is 11.3. The van der Waals surface area contributed by atoms with Crippen molar-refractivity contribution in [3.8, 4) is 0 Å². The Morgan fingerprint density at radius 2 is 1.62 bits per heavy atom. The molecule has 0 unspecified atom stereocenters. The lowest BCUT2D eigenvalue weighted by Gasteiger charge is -2.36. The van der Waals surface area contributed by atoms with Gasteiger partial charge in [0.05, 0.1) is 0 Å². The number of ether oxygens (including phenoxy) is 2. The van der Waals surface area contributed by atoms with Crippen molar-refractivity contribution >= 4 is 17.9 Å². The van der Waals surface area contributed by atoms with Crippen molar-refractivity contribution in [1.29, 1.82) is 0 Å². The molecule has 0 saturated carbocycles. The van der Waals surface area contributed by atoms with E-state index in [1.807, 2.05) is 35.2 Å². The predicted molar refractivity (Wildman–Crippen MR) is 125 cm³/mol. The van der Waals surface area contributed by atoms with E-state index in [0.29, 0.717) is 31.9 Å². The van der Waals surface area contributed by atoms with Gasteiger partial charge in [-0.25, -0.2) is 18.4 Å². The third-order valence-electron chi connectivity index (χ3n) is 5.28. The lowest BCUT2D eigenvalue weighted by molar-refractivity contribution is 0.0240. The second-order valence-corrected chi connectivity index (χ2v) is 9.08. The van der Waals surface area contributed by atoms with Crippen molar-refractivity contribution in [2.75, 3.05) is 37.6 Å². The van der Waals surface area contributed by atoms with Crippen molar-refractivity contribution in [2.45, 2.75) is 39.4 Å². The van der Waals surface area contributed by atoms with Crippen molar-refractivity contribution < 1.29 is 27.8 Å². The minimum Gasteiger partial charge on any atom is -0.445 e. The number of hydrogen-bond acceptors (Lipinski definition) is 5. The van der Waals surface area contributed by atoms with Crippen LogP contribution in [0.2, 0.25) is 0 Å². The number of alkyl carbamates (subject to hydrolysis) is 1. The van der Waals surface area contributed by atoms with Gasteiger partial charge in [-0.15, -0.1) is 0 Å². The van der Waals surface area contributed by atoms with Gasteiger partial charge in [0.2, 0.25) is 0 Å². The summed E-state index contributed by atoms with van der Waals surface area (Å²) in [7, 11) is 0. The summed E-state index contributed by atoms with van der Waals surface area (Å²) in [5, 5.41) is 2.51. The molecule has 0 aromatic heterocycles. The average molecular weight is 476 g/mol. The number of piperazine rings is 1. The molecule has 184 valence electrons. The van der Waals surface area contributed by atoms with Crippen LogP contribution in [-0.4, -0.2) is 55.4 Å². The van der Waals surface area contributed by atoms with Crippen molar-refractivity contribution in [3.05, 3.63) is 65.2 Å². The predicted octanol–water partition coefficient (Wildman–Crippen LogP) is 4.49. The largest absolute Gasteiger partial charge is 0.445 e. The van der Waals surface area contributed by atoms with Gasteiger partial charge >= 0.3 is 12.2 Å². The van der Waals surface area contributed by atoms with Gasteiger partial charge in [-0.3, -0.25) is 0 Å². The van der Waals surface area contributed by atoms with Gasteiger partial charge in [0.25, 0.3) is 0 Å². The van der Waals surface area contributed by atoms with E-state index in [-0.39, 0.29) is 25.1 Å². The summed E-state index contributed by atoms with van der Waals surface area (Å²) in [6.45, 7) is 7.23. The molecule has 1 aliphatic heterocycles. The first-order chi connectivity index (χ1) is 16.1. The van der Waals surface area contributed by atoms with Gasteiger partial charge in [-0.2, -0.15) is 0 Å². The number of carbonyl (C=O) groups is 2. The van der Waals surface area contributed by atoms with Gasteiger partial charge in [-0.05, 0) is 44.9 Å². The molecule has 1 aliphatic rings. The molecule has 34 heavy (non-hydrogen) atoms. The second-order valence-electron chi connectivity index (χ2n) is 9.08. The number of carbonyl (C=O) groups excluding carboxylic acids is 2. The monoisotopic (exact) mass is 475 g/mol. The first-order valence-electron chi connectivity index (χ1n) is 11.3. The molecule has 0 spiro atoms. The standard InChI is InChI=1S/C25H31F2N3O4/c1-25(2,3)34-24(32)30-13-11-29(12-14-30)19-15-21(26)20(22(27)16-19)9-10-28-23(31)33-17-18-7-5-4-6-8-18/h4-8,15-16H,9-14,17H2,1-3H3,(H,28,31). The highest BCUT2D eigenvalue weighted by atomic mass is 19.1. The topological polar surface area (TPSA) is 71.1 Å². The summed E-state index contributed by atoms with van der Waals surface area (Å²) in [6.07, 6.45) is -1.05. The summed E-state index contributed by atoms with van der Waals surface area (Å²) in [5.74, 6) is -1.35. The number of rotatable bonds is 6. The lowest BCUT2D eigenvalue weighted by atomic mass is 10.1. The Kier molecular flexibility index (Phi) is 8.31. The molecule has 0 atom stereocenters. The Hall–Kier alpha value is -3.36. The van der Waals surface area contributed by atoms with Crippen LogP contribution in [-0.2, 0) is 22.5 Å². The van der Waals surface area contributed by atoms with Gasteiger partial charge in [-0.1, -0.05) is 30.3 Å². The fourth-order valence-corrected chi connectivity index (χ4v) is 3.55. The van der Waals surface area contributed by atoms with Gasteiger partial charge in [0.1, 0.15) is 23.8 Å². The van der Waals surface area contributed by atoms with Gasteiger partial charge in [0.15, 0.2) is 0 Å². The van der Waals surface area contributed by atoms with Gasteiger partial charge < -0.3 is 24.6 Å². The highest BCUT2D eigenvalue weighted by Crippen LogP contribution is 2.24. The molecule has 0 radical (unpaired) electrons. The molecule has 1 saturated heterocycles. The molecule has 1 N–H and O–H groups in total. The highest BCUT2D eigenvalue weighted by Gasteiger charge is 2.26.